The van der Waals surface area contributed by atoms with Crippen molar-refractivity contribution >= 4 is 40.9 Å². The van der Waals surface area contributed by atoms with E-state index in [1.54, 1.807) is 24.3 Å². The van der Waals surface area contributed by atoms with Crippen molar-refractivity contribution in [3.05, 3.63) is 53.2 Å². The van der Waals surface area contributed by atoms with E-state index in [4.69, 9.17) is 11.6 Å². The third-order valence-corrected chi connectivity index (χ3v) is 4.62. The van der Waals surface area contributed by atoms with E-state index < -0.39 is 11.2 Å². The molecule has 0 aliphatic carbocycles. The number of aromatic nitrogens is 1. The summed E-state index contributed by atoms with van der Waals surface area (Å²) in [5, 5.41) is 14.2. The first-order valence-corrected chi connectivity index (χ1v) is 8.16. The van der Waals surface area contributed by atoms with Gasteiger partial charge in [-0.25, -0.2) is 4.98 Å². The van der Waals surface area contributed by atoms with Crippen LogP contribution in [-0.4, -0.2) is 22.1 Å². The SMILES string of the molecule is CCC(Sc1ncccc1C(=O)[O-])C(=O)Nc1cccc(Cl)c1. The van der Waals surface area contributed by atoms with Gasteiger partial charge < -0.3 is 15.2 Å². The highest BCUT2D eigenvalue weighted by Crippen LogP contribution is 2.27. The molecule has 0 spiro atoms. The number of carboxylic acids is 1. The molecule has 1 N–H and O–H groups in total. The molecule has 23 heavy (non-hydrogen) atoms. The maximum atomic E-state index is 12.4. The lowest BCUT2D eigenvalue weighted by Crippen LogP contribution is -2.26. The molecule has 0 saturated heterocycles. The smallest absolute Gasteiger partial charge is 0.237 e. The molecule has 120 valence electrons. The lowest BCUT2D eigenvalue weighted by Gasteiger charge is -2.16. The highest BCUT2D eigenvalue weighted by atomic mass is 35.5. The van der Waals surface area contributed by atoms with Crippen LogP contribution in [-0.2, 0) is 4.79 Å². The molecule has 7 heteroatoms. The topological polar surface area (TPSA) is 82.1 Å². The Kier molecular flexibility index (Phi) is 6.01. The molecule has 1 amide bonds. The first-order chi connectivity index (χ1) is 11.0. The summed E-state index contributed by atoms with van der Waals surface area (Å²) in [6, 6.07) is 9.75. The van der Waals surface area contributed by atoms with E-state index >= 15 is 0 Å². The van der Waals surface area contributed by atoms with Crippen LogP contribution in [0.3, 0.4) is 0 Å². The number of amides is 1. The largest absolute Gasteiger partial charge is 0.545 e. The summed E-state index contributed by atoms with van der Waals surface area (Å²) in [6.07, 6.45) is 2.00. The maximum absolute atomic E-state index is 12.4. The van der Waals surface area contributed by atoms with Crippen molar-refractivity contribution in [1.82, 2.24) is 4.98 Å². The number of pyridine rings is 1. The molecule has 2 aromatic rings. The molecule has 0 fully saturated rings. The van der Waals surface area contributed by atoms with Gasteiger partial charge in [-0.2, -0.15) is 0 Å². The quantitative estimate of drug-likeness (QED) is 0.810. The van der Waals surface area contributed by atoms with Gasteiger partial charge >= 0.3 is 0 Å². The number of nitrogens with one attached hydrogen (secondary N) is 1. The van der Waals surface area contributed by atoms with E-state index in [1.807, 2.05) is 6.92 Å². The Balaban J connectivity index is 2.14. The normalized spacial score (nSPS) is 11.7. The van der Waals surface area contributed by atoms with Crippen LogP contribution in [0.2, 0.25) is 5.02 Å². The predicted octanol–water partition coefficient (Wildman–Crippen LogP) is 2.61. The van der Waals surface area contributed by atoms with Crippen LogP contribution in [0.25, 0.3) is 0 Å². The van der Waals surface area contributed by atoms with E-state index in [0.717, 1.165) is 11.8 Å². The zero-order valence-electron chi connectivity index (χ0n) is 12.3. The monoisotopic (exact) mass is 349 g/mol. The maximum Gasteiger partial charge on any atom is 0.237 e. The summed E-state index contributed by atoms with van der Waals surface area (Å²) in [5.41, 5.74) is 0.564. The Morgan fingerprint density at radius 1 is 1.35 bits per heavy atom. The van der Waals surface area contributed by atoms with Crippen LogP contribution >= 0.6 is 23.4 Å². The fourth-order valence-electron chi connectivity index (χ4n) is 1.89. The molecular formula is C16H14ClN2O3S-. The molecule has 2 rings (SSSR count). The number of carbonyl (C=O) groups excluding carboxylic acids is 2. The summed E-state index contributed by atoms with van der Waals surface area (Å²) in [5.74, 6) is -1.56. The molecule has 0 radical (unpaired) electrons. The van der Waals surface area contributed by atoms with Gasteiger partial charge in [0.1, 0.15) is 5.03 Å². The zero-order valence-corrected chi connectivity index (χ0v) is 13.9. The molecular weight excluding hydrogens is 336 g/mol. The van der Waals surface area contributed by atoms with Crippen LogP contribution in [0, 0.1) is 0 Å². The van der Waals surface area contributed by atoms with E-state index in [9.17, 15) is 14.7 Å². The highest BCUT2D eigenvalue weighted by Gasteiger charge is 2.20. The number of anilines is 1. The van der Waals surface area contributed by atoms with Gasteiger partial charge in [0.15, 0.2) is 0 Å². The minimum absolute atomic E-state index is 0.0218. The number of hydrogen-bond acceptors (Lipinski definition) is 5. The van der Waals surface area contributed by atoms with Crippen LogP contribution < -0.4 is 10.4 Å². The van der Waals surface area contributed by atoms with Gasteiger partial charge in [-0.1, -0.05) is 36.4 Å². The van der Waals surface area contributed by atoms with Crippen LogP contribution in [0.15, 0.2) is 47.6 Å². The second kappa shape index (κ2) is 7.99. The minimum atomic E-state index is -1.31. The number of rotatable bonds is 6. The third kappa shape index (κ3) is 4.71. The van der Waals surface area contributed by atoms with E-state index in [0.29, 0.717) is 17.1 Å². The van der Waals surface area contributed by atoms with Gasteiger partial charge in [0.05, 0.1) is 11.2 Å². The molecule has 1 aromatic heterocycles. The first-order valence-electron chi connectivity index (χ1n) is 6.90. The van der Waals surface area contributed by atoms with Crippen LogP contribution in [0.5, 0.6) is 0 Å². The van der Waals surface area contributed by atoms with Crippen molar-refractivity contribution in [2.45, 2.75) is 23.6 Å². The highest BCUT2D eigenvalue weighted by molar-refractivity contribution is 8.00. The average molecular weight is 350 g/mol. The van der Waals surface area contributed by atoms with Gasteiger partial charge in [-0.15, -0.1) is 0 Å². The summed E-state index contributed by atoms with van der Waals surface area (Å²) in [4.78, 5) is 27.5. The van der Waals surface area contributed by atoms with Crippen molar-refractivity contribution in [3.63, 3.8) is 0 Å². The molecule has 5 nitrogen and oxygen atoms in total. The van der Waals surface area contributed by atoms with Crippen molar-refractivity contribution in [2.24, 2.45) is 0 Å². The number of hydrogen-bond donors (Lipinski definition) is 1. The molecule has 1 unspecified atom stereocenters. The lowest BCUT2D eigenvalue weighted by atomic mass is 10.2. The van der Waals surface area contributed by atoms with Gasteiger partial charge in [0.2, 0.25) is 5.91 Å². The Hall–Kier alpha value is -2.05. The van der Waals surface area contributed by atoms with Gasteiger partial charge in [-0.3, -0.25) is 4.79 Å². The molecule has 1 atom stereocenters. The average Bonchev–Trinajstić information content (AvgIpc) is 2.52. The standard InChI is InChI=1S/C16H15ClN2O3S/c1-2-13(14(20)19-11-6-3-5-10(17)9-11)23-15-12(16(21)22)7-4-8-18-15/h3-9,13H,2H2,1H3,(H,19,20)(H,21,22)/p-1. The summed E-state index contributed by atoms with van der Waals surface area (Å²) in [7, 11) is 0. The number of halogens is 1. The Labute approximate surface area is 143 Å². The van der Waals surface area contributed by atoms with Crippen molar-refractivity contribution < 1.29 is 14.7 Å². The number of nitrogens with zero attached hydrogens (tertiary/aromatic N) is 1. The van der Waals surface area contributed by atoms with E-state index in [-0.39, 0.29) is 16.5 Å². The van der Waals surface area contributed by atoms with Gasteiger partial charge in [0.25, 0.3) is 0 Å². The first kappa shape index (κ1) is 17.3. The summed E-state index contributed by atoms with van der Waals surface area (Å²) >= 11 is 6.99. The van der Waals surface area contributed by atoms with Crippen LogP contribution in [0.1, 0.15) is 23.7 Å². The second-order valence-corrected chi connectivity index (χ2v) is 6.29. The number of thioether (sulfide) groups is 1. The van der Waals surface area contributed by atoms with E-state index in [1.165, 1.54) is 18.3 Å². The van der Waals surface area contributed by atoms with Crippen LogP contribution in [0.4, 0.5) is 5.69 Å². The fourth-order valence-corrected chi connectivity index (χ4v) is 3.08. The zero-order chi connectivity index (χ0) is 16.8. The van der Waals surface area contributed by atoms with E-state index in [2.05, 4.69) is 10.3 Å². The van der Waals surface area contributed by atoms with Crippen molar-refractivity contribution in [1.29, 1.82) is 0 Å². The predicted molar refractivity (Wildman–Crippen MR) is 88.6 cm³/mol. The number of carbonyl (C=O) groups is 2. The Morgan fingerprint density at radius 3 is 2.78 bits per heavy atom. The molecule has 0 aliphatic rings. The van der Waals surface area contributed by atoms with Crippen molar-refractivity contribution in [3.8, 4) is 0 Å². The van der Waals surface area contributed by atoms with Gasteiger partial charge in [-0.05, 0) is 36.8 Å². The third-order valence-electron chi connectivity index (χ3n) is 3.00. The molecule has 0 aliphatic heterocycles. The Morgan fingerprint density at radius 2 is 2.13 bits per heavy atom. The summed E-state index contributed by atoms with van der Waals surface area (Å²) in [6.45, 7) is 1.84. The molecule has 0 saturated carbocycles. The molecule has 1 aromatic carbocycles. The van der Waals surface area contributed by atoms with Crippen molar-refractivity contribution in [2.75, 3.05) is 5.32 Å². The minimum Gasteiger partial charge on any atom is -0.545 e. The number of benzene rings is 1. The second-order valence-electron chi connectivity index (χ2n) is 4.66. The lowest BCUT2D eigenvalue weighted by molar-refractivity contribution is -0.255. The summed E-state index contributed by atoms with van der Waals surface area (Å²) < 4.78 is 0. The fraction of sp³-hybridized carbons (Fsp3) is 0.188. The molecule has 1 heterocycles. The molecule has 0 bridgehead atoms. The number of aromatic carboxylic acids is 1. The number of carboxylic acid groups (broad SMARTS) is 1. The van der Waals surface area contributed by atoms with Gasteiger partial charge in [0, 0.05) is 22.5 Å². The Bertz CT molecular complexity index is 724.